The third kappa shape index (κ3) is 5.29. The number of nitrogens with one attached hydrogen (secondary N) is 2. The normalized spacial score (nSPS) is 21.3. The molecule has 1 aromatic rings. The smallest absolute Gasteiger partial charge is 0.315 e. The summed E-state index contributed by atoms with van der Waals surface area (Å²) in [6.45, 7) is 4.97. The molecule has 2 amide bonds. The first kappa shape index (κ1) is 17.4. The van der Waals surface area contributed by atoms with E-state index in [-0.39, 0.29) is 12.1 Å². The zero-order chi connectivity index (χ0) is 16.6. The molecule has 0 aliphatic carbocycles. The van der Waals surface area contributed by atoms with Crippen molar-refractivity contribution in [3.8, 4) is 0 Å². The van der Waals surface area contributed by atoms with Crippen LogP contribution < -0.4 is 15.5 Å². The van der Waals surface area contributed by atoms with Gasteiger partial charge in [-0.05, 0) is 17.7 Å². The highest BCUT2D eigenvalue weighted by Crippen LogP contribution is 2.19. The Labute approximate surface area is 147 Å². The van der Waals surface area contributed by atoms with Crippen molar-refractivity contribution in [1.29, 1.82) is 0 Å². The minimum absolute atomic E-state index is 0.0495. The Morgan fingerprint density at radius 2 is 1.96 bits per heavy atom. The van der Waals surface area contributed by atoms with Crippen LogP contribution in [0, 0.1) is 0 Å². The molecule has 132 valence electrons. The van der Waals surface area contributed by atoms with Crippen molar-refractivity contribution in [2.45, 2.75) is 12.6 Å². The lowest BCUT2D eigenvalue weighted by atomic mass is 10.2. The second kappa shape index (κ2) is 9.15. The molecule has 2 saturated heterocycles. The summed E-state index contributed by atoms with van der Waals surface area (Å²) >= 11 is 2.01. The van der Waals surface area contributed by atoms with Crippen LogP contribution in [0.3, 0.4) is 0 Å². The SMILES string of the molecule is O=C(NCc1ccc(N2CCSCC2)cc1)NCC1COCCO1. The van der Waals surface area contributed by atoms with Gasteiger partial charge in [-0.25, -0.2) is 4.79 Å². The molecule has 1 atom stereocenters. The van der Waals surface area contributed by atoms with E-state index >= 15 is 0 Å². The predicted molar refractivity (Wildman–Crippen MR) is 96.8 cm³/mol. The maximum atomic E-state index is 11.8. The zero-order valence-electron chi connectivity index (χ0n) is 13.8. The molecule has 2 N–H and O–H groups in total. The molecular formula is C17H25N3O3S. The quantitative estimate of drug-likeness (QED) is 0.841. The first-order chi connectivity index (χ1) is 11.8. The van der Waals surface area contributed by atoms with Crippen LogP contribution in [-0.2, 0) is 16.0 Å². The highest BCUT2D eigenvalue weighted by Gasteiger charge is 2.15. The van der Waals surface area contributed by atoms with Crippen molar-refractivity contribution >= 4 is 23.5 Å². The van der Waals surface area contributed by atoms with Crippen molar-refractivity contribution in [2.24, 2.45) is 0 Å². The van der Waals surface area contributed by atoms with E-state index in [0.717, 1.165) is 18.7 Å². The number of benzene rings is 1. The molecule has 7 heteroatoms. The summed E-state index contributed by atoms with van der Waals surface area (Å²) in [7, 11) is 0. The molecule has 0 bridgehead atoms. The fourth-order valence-electron chi connectivity index (χ4n) is 2.75. The number of carbonyl (C=O) groups is 1. The molecule has 2 aliphatic heterocycles. The number of anilines is 1. The lowest BCUT2D eigenvalue weighted by molar-refractivity contribution is -0.0853. The monoisotopic (exact) mass is 351 g/mol. The van der Waals surface area contributed by atoms with Crippen LogP contribution in [0.4, 0.5) is 10.5 Å². The van der Waals surface area contributed by atoms with E-state index in [1.54, 1.807) is 0 Å². The number of hydrogen-bond donors (Lipinski definition) is 2. The summed E-state index contributed by atoms with van der Waals surface area (Å²) in [5.74, 6) is 2.39. The molecule has 1 aromatic carbocycles. The van der Waals surface area contributed by atoms with Crippen molar-refractivity contribution in [1.82, 2.24) is 10.6 Å². The van der Waals surface area contributed by atoms with Crippen LogP contribution in [0.25, 0.3) is 0 Å². The fraction of sp³-hybridized carbons (Fsp3) is 0.588. The maximum absolute atomic E-state index is 11.8. The molecule has 2 heterocycles. The maximum Gasteiger partial charge on any atom is 0.315 e. The van der Waals surface area contributed by atoms with Gasteiger partial charge in [-0.1, -0.05) is 12.1 Å². The Kier molecular flexibility index (Phi) is 6.63. The molecule has 0 spiro atoms. The third-order valence-corrected chi connectivity index (χ3v) is 5.08. The molecule has 2 aliphatic rings. The Morgan fingerprint density at radius 1 is 1.17 bits per heavy atom. The lowest BCUT2D eigenvalue weighted by Crippen LogP contribution is -2.43. The number of thioether (sulfide) groups is 1. The lowest BCUT2D eigenvalue weighted by Gasteiger charge is -2.28. The summed E-state index contributed by atoms with van der Waals surface area (Å²) in [6, 6.07) is 8.25. The van der Waals surface area contributed by atoms with Gasteiger partial charge < -0.3 is 25.0 Å². The van der Waals surface area contributed by atoms with E-state index in [4.69, 9.17) is 9.47 Å². The van der Waals surface area contributed by atoms with Gasteiger partial charge in [-0.15, -0.1) is 0 Å². The summed E-state index contributed by atoms with van der Waals surface area (Å²) in [5, 5.41) is 5.69. The van der Waals surface area contributed by atoms with Crippen molar-refractivity contribution in [3.63, 3.8) is 0 Å². The van der Waals surface area contributed by atoms with Crippen molar-refractivity contribution in [2.75, 3.05) is 55.9 Å². The Morgan fingerprint density at radius 3 is 2.67 bits per heavy atom. The van der Waals surface area contributed by atoms with E-state index < -0.39 is 0 Å². The highest BCUT2D eigenvalue weighted by atomic mass is 32.2. The van der Waals surface area contributed by atoms with E-state index in [1.807, 2.05) is 11.8 Å². The van der Waals surface area contributed by atoms with Crippen LogP contribution in [0.1, 0.15) is 5.56 Å². The average molecular weight is 351 g/mol. The van der Waals surface area contributed by atoms with E-state index in [1.165, 1.54) is 17.2 Å². The summed E-state index contributed by atoms with van der Waals surface area (Å²) in [6.07, 6.45) is -0.0495. The topological polar surface area (TPSA) is 62.8 Å². The Balaban J connectivity index is 1.38. The number of rotatable bonds is 5. The third-order valence-electron chi connectivity index (χ3n) is 4.14. The van der Waals surface area contributed by atoms with Gasteiger partial charge in [0, 0.05) is 43.4 Å². The molecule has 6 nitrogen and oxygen atoms in total. The standard InChI is InChI=1S/C17H25N3O3S/c21-17(19-12-16-13-22-7-8-23-16)18-11-14-1-3-15(4-2-14)20-5-9-24-10-6-20/h1-4,16H,5-13H2,(H2,18,19,21). The van der Waals surface area contributed by atoms with Crippen LogP contribution in [0.5, 0.6) is 0 Å². The van der Waals surface area contributed by atoms with Crippen LogP contribution in [0.2, 0.25) is 0 Å². The molecular weight excluding hydrogens is 326 g/mol. The van der Waals surface area contributed by atoms with E-state index in [9.17, 15) is 4.79 Å². The number of hydrogen-bond acceptors (Lipinski definition) is 5. The van der Waals surface area contributed by atoms with Gasteiger partial charge >= 0.3 is 6.03 Å². The van der Waals surface area contributed by atoms with E-state index in [2.05, 4.69) is 39.8 Å². The molecule has 0 aromatic heterocycles. The summed E-state index contributed by atoms with van der Waals surface area (Å²) in [4.78, 5) is 14.3. The van der Waals surface area contributed by atoms with Crippen molar-refractivity contribution < 1.29 is 14.3 Å². The zero-order valence-corrected chi connectivity index (χ0v) is 14.6. The van der Waals surface area contributed by atoms with Crippen LogP contribution in [-0.4, -0.2) is 63.1 Å². The largest absolute Gasteiger partial charge is 0.376 e. The van der Waals surface area contributed by atoms with Gasteiger partial charge in [-0.2, -0.15) is 11.8 Å². The molecule has 3 rings (SSSR count). The molecule has 24 heavy (non-hydrogen) atoms. The number of urea groups is 1. The molecule has 2 fully saturated rings. The van der Waals surface area contributed by atoms with Gasteiger partial charge in [0.15, 0.2) is 0 Å². The number of nitrogens with zero attached hydrogens (tertiary/aromatic N) is 1. The van der Waals surface area contributed by atoms with E-state index in [0.29, 0.717) is 32.9 Å². The number of carbonyl (C=O) groups excluding carboxylic acids is 1. The Bertz CT molecular complexity index is 514. The summed E-state index contributed by atoms with van der Waals surface area (Å²) < 4.78 is 10.8. The van der Waals surface area contributed by atoms with Crippen LogP contribution in [0.15, 0.2) is 24.3 Å². The first-order valence-corrected chi connectivity index (χ1v) is 9.59. The van der Waals surface area contributed by atoms with Gasteiger partial charge in [0.2, 0.25) is 0 Å². The molecule has 0 saturated carbocycles. The predicted octanol–water partition coefficient (Wildman–Crippen LogP) is 1.45. The average Bonchev–Trinajstić information content (AvgIpc) is 2.67. The highest BCUT2D eigenvalue weighted by molar-refractivity contribution is 7.99. The molecule has 1 unspecified atom stereocenters. The first-order valence-electron chi connectivity index (χ1n) is 8.44. The fourth-order valence-corrected chi connectivity index (χ4v) is 3.66. The second-order valence-electron chi connectivity index (χ2n) is 5.90. The number of ether oxygens (including phenoxy) is 2. The van der Waals surface area contributed by atoms with Gasteiger partial charge in [-0.3, -0.25) is 0 Å². The van der Waals surface area contributed by atoms with Gasteiger partial charge in [0.05, 0.1) is 25.9 Å². The molecule has 0 radical (unpaired) electrons. The summed E-state index contributed by atoms with van der Waals surface area (Å²) in [5.41, 5.74) is 2.36. The van der Waals surface area contributed by atoms with Crippen LogP contribution >= 0.6 is 11.8 Å². The van der Waals surface area contributed by atoms with Gasteiger partial charge in [0.1, 0.15) is 0 Å². The van der Waals surface area contributed by atoms with Crippen molar-refractivity contribution in [3.05, 3.63) is 29.8 Å². The minimum Gasteiger partial charge on any atom is -0.376 e. The van der Waals surface area contributed by atoms with Gasteiger partial charge in [0.25, 0.3) is 0 Å². The minimum atomic E-state index is -0.179. The number of amides is 2. The Hall–Kier alpha value is -1.44. The second-order valence-corrected chi connectivity index (χ2v) is 7.12.